The fourth-order valence-corrected chi connectivity index (χ4v) is 9.86. The van der Waals surface area contributed by atoms with Crippen molar-refractivity contribution in [2.24, 2.45) is 0 Å². The Morgan fingerprint density at radius 1 is 0.900 bits per heavy atom. The average molecular weight is 726 g/mol. The van der Waals surface area contributed by atoms with Gasteiger partial charge in [0, 0.05) is 53.2 Å². The summed E-state index contributed by atoms with van der Waals surface area (Å²) in [5, 5.41) is 17.2. The Kier molecular flexibility index (Phi) is 8.06. The van der Waals surface area contributed by atoms with Gasteiger partial charge in [0.15, 0.2) is 12.3 Å². The first-order valence-electron chi connectivity index (χ1n) is 17.9. The molecule has 2 aliphatic heterocycles. The SMILES string of the molecule is CCc1cccc2c(C[N+]3=C(/C=C/C=C4/N(C)c5cc(Br)c([N+](=O)[O-])cc5C45CCCCC5)C(C)(C)c4c3ccc3ccccc43)cccc12. The van der Waals surface area contributed by atoms with Gasteiger partial charge in [0.05, 0.1) is 14.8 Å². The van der Waals surface area contributed by atoms with Crippen molar-refractivity contribution >= 4 is 60.2 Å². The summed E-state index contributed by atoms with van der Waals surface area (Å²) in [7, 11) is 2.12. The zero-order valence-corrected chi connectivity index (χ0v) is 30.9. The molecule has 5 aromatic carbocycles. The molecule has 3 aliphatic rings. The molecule has 1 spiro atoms. The minimum atomic E-state index is -0.268. The van der Waals surface area contributed by atoms with E-state index in [2.05, 4.69) is 144 Å². The quantitative estimate of drug-likeness (QED) is 0.0995. The maximum Gasteiger partial charge on any atom is 0.283 e. The molecule has 0 radical (unpaired) electrons. The van der Waals surface area contributed by atoms with E-state index in [1.54, 1.807) is 0 Å². The minimum absolute atomic E-state index is 0.141. The van der Waals surface area contributed by atoms with Crippen LogP contribution in [0.5, 0.6) is 0 Å². The van der Waals surface area contributed by atoms with Gasteiger partial charge in [-0.3, -0.25) is 10.1 Å². The van der Waals surface area contributed by atoms with Gasteiger partial charge in [-0.05, 0) is 99.9 Å². The van der Waals surface area contributed by atoms with E-state index in [1.165, 1.54) is 61.8 Å². The molecule has 0 amide bonds. The summed E-state index contributed by atoms with van der Waals surface area (Å²) in [6.07, 6.45) is 13.3. The monoisotopic (exact) mass is 724 g/mol. The van der Waals surface area contributed by atoms with Crippen molar-refractivity contribution in [3.63, 3.8) is 0 Å². The van der Waals surface area contributed by atoms with Gasteiger partial charge in [-0.15, -0.1) is 0 Å². The van der Waals surface area contributed by atoms with Crippen LogP contribution in [0.25, 0.3) is 21.5 Å². The smallest absolute Gasteiger partial charge is 0.283 e. The van der Waals surface area contributed by atoms with Gasteiger partial charge in [-0.2, -0.15) is 4.58 Å². The molecule has 6 heteroatoms. The van der Waals surface area contributed by atoms with Gasteiger partial charge in [-0.25, -0.2) is 0 Å². The molecule has 2 heterocycles. The molecule has 1 fully saturated rings. The number of nitrogens with zero attached hydrogens (tertiary/aromatic N) is 3. The van der Waals surface area contributed by atoms with Crippen molar-refractivity contribution in [2.75, 3.05) is 11.9 Å². The van der Waals surface area contributed by atoms with Crippen LogP contribution in [0.4, 0.5) is 17.1 Å². The highest BCUT2D eigenvalue weighted by Crippen LogP contribution is 2.56. The third kappa shape index (κ3) is 4.98. The first-order chi connectivity index (χ1) is 24.2. The van der Waals surface area contributed by atoms with Gasteiger partial charge in [0.25, 0.3) is 5.69 Å². The lowest BCUT2D eigenvalue weighted by molar-refractivity contribution is -0.454. The van der Waals surface area contributed by atoms with E-state index in [4.69, 9.17) is 0 Å². The molecule has 8 rings (SSSR count). The molecule has 0 unspecified atom stereocenters. The topological polar surface area (TPSA) is 49.4 Å². The van der Waals surface area contributed by atoms with Crippen molar-refractivity contribution < 1.29 is 9.50 Å². The Bertz CT molecular complexity index is 2310. The Morgan fingerprint density at radius 2 is 1.60 bits per heavy atom. The number of hydrogen-bond acceptors (Lipinski definition) is 3. The van der Waals surface area contributed by atoms with Crippen molar-refractivity contribution in [1.29, 1.82) is 0 Å². The third-order valence-corrected chi connectivity index (χ3v) is 12.4. The van der Waals surface area contributed by atoms with E-state index in [0.29, 0.717) is 4.47 Å². The molecule has 1 aliphatic carbocycles. The Hall–Kier alpha value is -4.55. The summed E-state index contributed by atoms with van der Waals surface area (Å²) in [6.45, 7) is 7.72. The molecule has 50 heavy (non-hydrogen) atoms. The van der Waals surface area contributed by atoms with Crippen LogP contribution in [0.1, 0.15) is 75.1 Å². The van der Waals surface area contributed by atoms with Crippen molar-refractivity contribution in [3.05, 3.63) is 146 Å². The van der Waals surface area contributed by atoms with E-state index >= 15 is 0 Å². The molecule has 5 nitrogen and oxygen atoms in total. The maximum atomic E-state index is 12.0. The molecule has 0 N–H and O–H groups in total. The lowest BCUT2D eigenvalue weighted by Crippen LogP contribution is -2.32. The zero-order chi connectivity index (χ0) is 34.8. The number of anilines is 1. The maximum absolute atomic E-state index is 12.0. The fourth-order valence-electron chi connectivity index (χ4n) is 9.39. The van der Waals surface area contributed by atoms with E-state index in [9.17, 15) is 10.1 Å². The van der Waals surface area contributed by atoms with Crippen LogP contribution >= 0.6 is 15.9 Å². The van der Waals surface area contributed by atoms with Crippen LogP contribution < -0.4 is 4.90 Å². The number of rotatable bonds is 6. The summed E-state index contributed by atoms with van der Waals surface area (Å²) in [5.41, 5.74) is 9.62. The Morgan fingerprint density at radius 3 is 2.34 bits per heavy atom. The molecule has 0 atom stereocenters. The van der Waals surface area contributed by atoms with Crippen molar-refractivity contribution in [3.8, 4) is 0 Å². The normalized spacial score (nSPS) is 18.6. The van der Waals surface area contributed by atoms with E-state index in [-0.39, 0.29) is 21.4 Å². The number of fused-ring (bicyclic) bond motifs is 6. The number of aryl methyl sites for hydroxylation is 1. The molecular weight excluding hydrogens is 682 g/mol. The number of hydrogen-bond donors (Lipinski definition) is 0. The molecule has 1 saturated carbocycles. The number of nitro groups is 1. The highest BCUT2D eigenvalue weighted by atomic mass is 79.9. The molecule has 252 valence electrons. The van der Waals surface area contributed by atoms with Crippen LogP contribution in [-0.4, -0.2) is 22.3 Å². The fraction of sp³-hybridized carbons (Fsp3) is 0.295. The number of allylic oxidation sites excluding steroid dienone is 4. The summed E-state index contributed by atoms with van der Waals surface area (Å²) in [6, 6.07) is 30.6. The summed E-state index contributed by atoms with van der Waals surface area (Å²) < 4.78 is 3.06. The first-order valence-corrected chi connectivity index (χ1v) is 18.7. The van der Waals surface area contributed by atoms with Crippen LogP contribution in [0.2, 0.25) is 0 Å². The van der Waals surface area contributed by atoms with Gasteiger partial charge in [-0.1, -0.05) is 92.9 Å². The number of likely N-dealkylation sites (N-methyl/N-ethyl adjacent to an activating group) is 1. The lowest BCUT2D eigenvalue weighted by Gasteiger charge is -2.36. The van der Waals surface area contributed by atoms with Crippen LogP contribution in [0, 0.1) is 10.1 Å². The second-order valence-corrected chi connectivity index (χ2v) is 15.6. The lowest BCUT2D eigenvalue weighted by atomic mass is 9.68. The van der Waals surface area contributed by atoms with Crippen molar-refractivity contribution in [2.45, 2.75) is 76.7 Å². The van der Waals surface area contributed by atoms with Crippen LogP contribution in [-0.2, 0) is 23.8 Å². The van der Waals surface area contributed by atoms with E-state index in [1.807, 2.05) is 12.1 Å². The molecule has 5 aromatic rings. The highest BCUT2D eigenvalue weighted by Gasteiger charge is 2.48. The first kappa shape index (κ1) is 32.6. The zero-order valence-electron chi connectivity index (χ0n) is 29.3. The average Bonchev–Trinajstić information content (AvgIpc) is 3.46. The Balaban J connectivity index is 1.28. The van der Waals surface area contributed by atoms with E-state index in [0.717, 1.165) is 49.9 Å². The van der Waals surface area contributed by atoms with E-state index < -0.39 is 0 Å². The number of halogens is 1. The van der Waals surface area contributed by atoms with Gasteiger partial charge < -0.3 is 4.90 Å². The van der Waals surface area contributed by atoms with Gasteiger partial charge >= 0.3 is 0 Å². The van der Waals surface area contributed by atoms with Crippen molar-refractivity contribution in [1.82, 2.24) is 0 Å². The summed E-state index contributed by atoms with van der Waals surface area (Å²) in [4.78, 5) is 14.0. The van der Waals surface area contributed by atoms with Gasteiger partial charge in [0.1, 0.15) is 0 Å². The second kappa shape index (κ2) is 12.3. The summed E-state index contributed by atoms with van der Waals surface area (Å²) >= 11 is 3.50. The molecular formula is C44H43BrN3O2+. The standard InChI is InChI=1S/C44H43BrN3O2/c1-5-29-15-11-19-33-31(16-12-18-32(29)33)28-47-37-23-22-30-14-7-8-17-34(30)42(37)43(2,3)40(47)20-13-21-41-44(24-9-6-10-25-44)35-26-39(48(49)50)36(45)27-38(35)46(41)4/h7-8,11-23,26-27H,5-6,9-10,24-25,28H2,1-4H3/q+1. The van der Waals surface area contributed by atoms with Gasteiger partial charge in [0.2, 0.25) is 5.69 Å². The summed E-state index contributed by atoms with van der Waals surface area (Å²) in [5.74, 6) is 0. The predicted molar refractivity (Wildman–Crippen MR) is 210 cm³/mol. The second-order valence-electron chi connectivity index (χ2n) is 14.8. The molecule has 0 aromatic heterocycles. The number of nitro benzene ring substituents is 1. The Labute approximate surface area is 302 Å². The predicted octanol–water partition coefficient (Wildman–Crippen LogP) is 11.6. The molecule has 0 saturated heterocycles. The highest BCUT2D eigenvalue weighted by molar-refractivity contribution is 9.10. The number of benzene rings is 5. The third-order valence-electron chi connectivity index (χ3n) is 11.8. The largest absolute Gasteiger partial charge is 0.347 e. The van der Waals surface area contributed by atoms with Crippen LogP contribution in [0.15, 0.2) is 113 Å². The van der Waals surface area contributed by atoms with Crippen LogP contribution in [0.3, 0.4) is 0 Å². The minimum Gasteiger partial charge on any atom is -0.347 e. The molecule has 0 bridgehead atoms.